The average molecular weight is 504 g/mol. The lowest BCUT2D eigenvalue weighted by atomic mass is 9.92. The molecule has 0 atom stereocenters. The highest BCUT2D eigenvalue weighted by Gasteiger charge is 2.30. The van der Waals surface area contributed by atoms with Gasteiger partial charge in [-0.15, -0.1) is 0 Å². The number of carbonyl (C=O) groups excluding carboxylic acids is 1. The number of nitrogen functional groups attached to an aromatic ring is 1. The Bertz CT molecular complexity index is 1650. The van der Waals surface area contributed by atoms with Gasteiger partial charge in [-0.2, -0.15) is 18.3 Å². The summed E-state index contributed by atoms with van der Waals surface area (Å²) >= 11 is 0. The van der Waals surface area contributed by atoms with Gasteiger partial charge in [0.05, 0.1) is 22.8 Å². The van der Waals surface area contributed by atoms with Gasteiger partial charge >= 0.3 is 6.18 Å². The van der Waals surface area contributed by atoms with Gasteiger partial charge in [-0.25, -0.2) is 9.97 Å². The molecule has 0 fully saturated rings. The fraction of sp³-hybridized carbons (Fsp3) is 0.0769. The van der Waals surface area contributed by atoms with Crippen LogP contribution in [-0.4, -0.2) is 31.2 Å². The summed E-state index contributed by atoms with van der Waals surface area (Å²) in [5, 5.41) is 21.1. The van der Waals surface area contributed by atoms with Gasteiger partial charge in [0.1, 0.15) is 5.75 Å². The van der Waals surface area contributed by atoms with E-state index < -0.39 is 17.6 Å². The molecule has 0 saturated carbocycles. The number of phenols is 1. The van der Waals surface area contributed by atoms with Crippen LogP contribution < -0.4 is 11.1 Å². The van der Waals surface area contributed by atoms with Gasteiger partial charge < -0.3 is 16.2 Å². The fourth-order valence-electron chi connectivity index (χ4n) is 4.08. The highest BCUT2D eigenvalue weighted by Crippen LogP contribution is 2.43. The zero-order valence-corrected chi connectivity index (χ0v) is 19.3. The number of aromatic amines is 1. The van der Waals surface area contributed by atoms with Crippen LogP contribution in [0.4, 0.5) is 24.8 Å². The summed E-state index contributed by atoms with van der Waals surface area (Å²) in [6.07, 6.45) is 0.126. The summed E-state index contributed by atoms with van der Waals surface area (Å²) in [5.74, 6) is -0.675. The molecule has 186 valence electrons. The largest absolute Gasteiger partial charge is 0.507 e. The first-order valence-electron chi connectivity index (χ1n) is 11.0. The highest BCUT2D eigenvalue weighted by atomic mass is 19.4. The van der Waals surface area contributed by atoms with Crippen LogP contribution >= 0.6 is 0 Å². The topological polar surface area (TPSA) is 130 Å². The molecule has 0 aliphatic heterocycles. The number of amides is 1. The maximum atomic E-state index is 13.1. The number of aromatic hydroxyl groups is 1. The first kappa shape index (κ1) is 23.8. The normalized spacial score (nSPS) is 11.6. The molecule has 0 spiro atoms. The predicted molar refractivity (Wildman–Crippen MR) is 133 cm³/mol. The number of carbonyl (C=O) groups is 1. The van der Waals surface area contributed by atoms with E-state index >= 15 is 0 Å². The molecule has 2 aromatic heterocycles. The third kappa shape index (κ3) is 4.54. The van der Waals surface area contributed by atoms with Crippen molar-refractivity contribution in [3.05, 3.63) is 83.8 Å². The van der Waals surface area contributed by atoms with E-state index in [4.69, 9.17) is 5.73 Å². The number of aromatic nitrogens is 4. The molecule has 8 nitrogen and oxygen atoms in total. The summed E-state index contributed by atoms with van der Waals surface area (Å²) < 4.78 is 39.2. The number of hydrogen-bond acceptors (Lipinski definition) is 6. The van der Waals surface area contributed by atoms with Gasteiger partial charge in [-0.3, -0.25) is 9.89 Å². The van der Waals surface area contributed by atoms with Crippen molar-refractivity contribution in [2.45, 2.75) is 13.1 Å². The van der Waals surface area contributed by atoms with Crippen molar-refractivity contribution in [1.82, 2.24) is 20.2 Å². The molecule has 0 aliphatic carbocycles. The first-order valence-corrected chi connectivity index (χ1v) is 11.0. The van der Waals surface area contributed by atoms with Gasteiger partial charge in [-0.1, -0.05) is 12.1 Å². The van der Waals surface area contributed by atoms with Crippen LogP contribution in [-0.2, 0) is 6.18 Å². The van der Waals surface area contributed by atoms with E-state index in [0.717, 1.165) is 17.7 Å². The van der Waals surface area contributed by atoms with Gasteiger partial charge in [0.15, 0.2) is 0 Å². The third-order valence-corrected chi connectivity index (χ3v) is 5.89. The van der Waals surface area contributed by atoms with Crippen molar-refractivity contribution < 1.29 is 23.1 Å². The third-order valence-electron chi connectivity index (χ3n) is 5.89. The number of benzene rings is 3. The maximum absolute atomic E-state index is 13.1. The van der Waals surface area contributed by atoms with E-state index in [1.807, 2.05) is 6.92 Å². The molecule has 3 aromatic carbocycles. The van der Waals surface area contributed by atoms with Gasteiger partial charge in [-0.05, 0) is 54.4 Å². The van der Waals surface area contributed by atoms with Gasteiger partial charge in [0, 0.05) is 40.2 Å². The number of fused-ring (bicyclic) bond motifs is 1. The molecule has 0 unspecified atom stereocenters. The first-order chi connectivity index (χ1) is 17.6. The smallest absolute Gasteiger partial charge is 0.416 e. The summed E-state index contributed by atoms with van der Waals surface area (Å²) in [6, 6.07) is 10.9. The molecular weight excluding hydrogens is 485 g/mol. The molecule has 5 rings (SSSR count). The Morgan fingerprint density at radius 1 is 1.08 bits per heavy atom. The van der Waals surface area contributed by atoms with Crippen LogP contribution in [0.15, 0.2) is 67.1 Å². The predicted octanol–water partition coefficient (Wildman–Crippen LogP) is 5.55. The van der Waals surface area contributed by atoms with E-state index in [1.165, 1.54) is 24.5 Å². The van der Waals surface area contributed by atoms with E-state index in [1.54, 1.807) is 30.5 Å². The Kier molecular flexibility index (Phi) is 5.75. The van der Waals surface area contributed by atoms with Crippen molar-refractivity contribution in [2.24, 2.45) is 0 Å². The highest BCUT2D eigenvalue weighted by molar-refractivity contribution is 6.06. The Hall–Kier alpha value is -4.93. The number of nitrogens with zero attached hydrogens (tertiary/aromatic N) is 3. The zero-order valence-electron chi connectivity index (χ0n) is 19.3. The second-order valence-electron chi connectivity index (χ2n) is 8.36. The number of phenolic OH excluding ortho intramolecular Hbond substituents is 1. The Balaban J connectivity index is 1.59. The van der Waals surface area contributed by atoms with Crippen molar-refractivity contribution in [3.63, 3.8) is 0 Å². The van der Waals surface area contributed by atoms with E-state index in [0.29, 0.717) is 33.2 Å². The number of halogens is 3. The maximum Gasteiger partial charge on any atom is 0.416 e. The van der Waals surface area contributed by atoms with Crippen LogP contribution in [0.1, 0.15) is 21.5 Å². The van der Waals surface area contributed by atoms with E-state index in [9.17, 15) is 23.1 Å². The fourth-order valence-corrected chi connectivity index (χ4v) is 4.08. The Morgan fingerprint density at radius 3 is 2.62 bits per heavy atom. The average Bonchev–Trinajstić information content (AvgIpc) is 3.38. The number of alkyl halides is 3. The van der Waals surface area contributed by atoms with Crippen LogP contribution in [0, 0.1) is 6.92 Å². The van der Waals surface area contributed by atoms with Crippen LogP contribution in [0.2, 0.25) is 0 Å². The minimum Gasteiger partial charge on any atom is -0.507 e. The lowest BCUT2D eigenvalue weighted by molar-refractivity contribution is -0.137. The molecule has 1 amide bonds. The van der Waals surface area contributed by atoms with Crippen LogP contribution in [0.3, 0.4) is 0 Å². The number of rotatable bonds is 4. The molecule has 5 N–H and O–H groups in total. The quantitative estimate of drug-likeness (QED) is 0.254. The molecule has 2 heterocycles. The standard InChI is InChI=1S/C26H19F3N6O2/c1-13-5-6-14(24(37)34-18-4-2-3-17(9-18)26(27,28)29)7-19(13)20-8-15-10-31-25(30)35-22(15)21(23(20)36)16-11-32-33-12-16/h2-12,36H,1H3,(H,32,33)(H,34,37)(H2,30,31,35). The summed E-state index contributed by atoms with van der Waals surface area (Å²) in [4.78, 5) is 21.3. The lowest BCUT2D eigenvalue weighted by Crippen LogP contribution is -2.13. The van der Waals surface area contributed by atoms with Crippen LogP contribution in [0.5, 0.6) is 5.75 Å². The second kappa shape index (κ2) is 8.94. The minimum atomic E-state index is -4.54. The molecule has 11 heteroatoms. The Morgan fingerprint density at radius 2 is 1.89 bits per heavy atom. The zero-order chi connectivity index (χ0) is 26.3. The van der Waals surface area contributed by atoms with Crippen LogP contribution in [0.25, 0.3) is 33.2 Å². The van der Waals surface area contributed by atoms with Crippen molar-refractivity contribution in [3.8, 4) is 28.0 Å². The lowest BCUT2D eigenvalue weighted by Gasteiger charge is -2.15. The van der Waals surface area contributed by atoms with Gasteiger partial charge in [0.25, 0.3) is 5.91 Å². The number of hydrogen-bond donors (Lipinski definition) is 4. The molecule has 5 aromatic rings. The van der Waals surface area contributed by atoms with Crippen molar-refractivity contribution >= 4 is 28.4 Å². The molecule has 0 radical (unpaired) electrons. The summed E-state index contributed by atoms with van der Waals surface area (Å²) in [7, 11) is 0. The number of aryl methyl sites for hydroxylation is 1. The molecular formula is C26H19F3N6O2. The number of nitrogens with two attached hydrogens (primary N) is 1. The Labute approximate surface area is 208 Å². The van der Waals surface area contributed by atoms with E-state index in [2.05, 4.69) is 25.5 Å². The molecule has 0 saturated heterocycles. The number of nitrogens with one attached hydrogen (secondary N) is 2. The molecule has 0 bridgehead atoms. The van der Waals surface area contributed by atoms with Crippen molar-refractivity contribution in [2.75, 3.05) is 11.1 Å². The summed E-state index contributed by atoms with van der Waals surface area (Å²) in [6.45, 7) is 1.81. The van der Waals surface area contributed by atoms with Gasteiger partial charge in [0.2, 0.25) is 5.95 Å². The number of H-pyrrole nitrogens is 1. The minimum absolute atomic E-state index is 0.00693. The van der Waals surface area contributed by atoms with Crippen molar-refractivity contribution in [1.29, 1.82) is 0 Å². The molecule has 37 heavy (non-hydrogen) atoms. The SMILES string of the molecule is Cc1ccc(C(=O)Nc2cccc(C(F)(F)F)c2)cc1-c1cc2cnc(N)nc2c(-c2cn[nH]c2)c1O. The second-order valence-corrected chi connectivity index (χ2v) is 8.36. The van der Waals surface area contributed by atoms with E-state index in [-0.39, 0.29) is 22.9 Å². The summed E-state index contributed by atoms with van der Waals surface area (Å²) in [5.41, 5.74) is 8.18. The number of anilines is 2. The monoisotopic (exact) mass is 504 g/mol. The molecule has 0 aliphatic rings.